The Morgan fingerprint density at radius 2 is 2.04 bits per heavy atom. The van der Waals surface area contributed by atoms with Gasteiger partial charge in [0.2, 0.25) is 0 Å². The van der Waals surface area contributed by atoms with Crippen molar-refractivity contribution in [3.63, 3.8) is 0 Å². The maximum absolute atomic E-state index is 6.09. The molecule has 4 heterocycles. The van der Waals surface area contributed by atoms with E-state index >= 15 is 0 Å². The van der Waals surface area contributed by atoms with E-state index in [9.17, 15) is 0 Å². The minimum absolute atomic E-state index is 0.479. The number of hydrogen-bond acceptors (Lipinski definition) is 7. The van der Waals surface area contributed by atoms with E-state index in [0.717, 1.165) is 57.3 Å². The summed E-state index contributed by atoms with van der Waals surface area (Å²) >= 11 is 0. The third-order valence-corrected chi connectivity index (χ3v) is 6.19. The first-order chi connectivity index (χ1) is 13.2. The van der Waals surface area contributed by atoms with Gasteiger partial charge in [-0.05, 0) is 58.2 Å². The fourth-order valence-corrected chi connectivity index (χ4v) is 4.63. The molecule has 2 atom stereocenters. The molecule has 1 N–H and O–H groups in total. The van der Waals surface area contributed by atoms with E-state index in [1.54, 1.807) is 7.11 Å². The van der Waals surface area contributed by atoms with E-state index in [2.05, 4.69) is 22.2 Å². The molecule has 0 bridgehead atoms. The number of fused-ring (bicyclic) bond motifs is 1. The molecule has 27 heavy (non-hydrogen) atoms. The van der Waals surface area contributed by atoms with E-state index in [0.29, 0.717) is 24.6 Å². The van der Waals surface area contributed by atoms with Crippen LogP contribution in [0.15, 0.2) is 0 Å². The lowest BCUT2D eigenvalue weighted by atomic mass is 9.97. The lowest BCUT2D eigenvalue weighted by Crippen LogP contribution is -2.39. The van der Waals surface area contributed by atoms with Crippen molar-refractivity contribution in [3.05, 3.63) is 11.3 Å². The van der Waals surface area contributed by atoms with E-state index in [1.165, 1.54) is 31.2 Å². The van der Waals surface area contributed by atoms with Crippen molar-refractivity contribution in [2.75, 3.05) is 58.5 Å². The summed E-state index contributed by atoms with van der Waals surface area (Å²) < 4.78 is 11.5. The molecule has 0 radical (unpaired) electrons. The first-order valence-corrected chi connectivity index (χ1v) is 10.4. The molecular weight excluding hydrogens is 342 g/mol. The molecule has 2 saturated heterocycles. The van der Waals surface area contributed by atoms with Crippen molar-refractivity contribution in [2.24, 2.45) is 5.92 Å². The van der Waals surface area contributed by atoms with Gasteiger partial charge in [-0.1, -0.05) is 0 Å². The first kappa shape index (κ1) is 18.9. The second-order valence-electron chi connectivity index (χ2n) is 8.18. The van der Waals surface area contributed by atoms with Gasteiger partial charge < -0.3 is 24.6 Å². The van der Waals surface area contributed by atoms with Crippen LogP contribution in [0.2, 0.25) is 0 Å². The molecule has 150 valence electrons. The number of hydrogen-bond donors (Lipinski definition) is 1. The van der Waals surface area contributed by atoms with E-state index in [4.69, 9.17) is 19.4 Å². The molecule has 4 rings (SSSR count). The summed E-state index contributed by atoms with van der Waals surface area (Å²) in [6, 6.07) is 1.02. The molecule has 7 nitrogen and oxygen atoms in total. The minimum Gasteiger partial charge on any atom is -0.462 e. The van der Waals surface area contributed by atoms with Crippen molar-refractivity contribution in [1.29, 1.82) is 0 Å². The predicted molar refractivity (Wildman–Crippen MR) is 105 cm³/mol. The Labute approximate surface area is 162 Å². The molecular formula is C20H33N5O2. The molecule has 0 amide bonds. The standard InChI is InChI=1S/C20H33N5O2/c1-24-9-4-6-16(24)14-27-20-22-18-11-21-8-7-17(18)19(23-20)25-10-3-5-15(12-25)13-26-2/h15-16,21H,3-14H2,1-2H3/t15?,16-/m0/s1. The Hall–Kier alpha value is -1.44. The maximum atomic E-state index is 6.09. The van der Waals surface area contributed by atoms with Crippen LogP contribution in [0.4, 0.5) is 5.82 Å². The van der Waals surface area contributed by atoms with Crippen molar-refractivity contribution in [3.8, 4) is 6.01 Å². The van der Waals surface area contributed by atoms with E-state index in [1.807, 2.05) is 0 Å². The average molecular weight is 376 g/mol. The smallest absolute Gasteiger partial charge is 0.318 e. The summed E-state index contributed by atoms with van der Waals surface area (Å²) in [5.74, 6) is 1.67. The molecule has 0 saturated carbocycles. The van der Waals surface area contributed by atoms with Crippen LogP contribution in [-0.4, -0.2) is 74.5 Å². The van der Waals surface area contributed by atoms with Crippen molar-refractivity contribution >= 4 is 5.82 Å². The number of nitrogens with zero attached hydrogens (tertiary/aromatic N) is 4. The van der Waals surface area contributed by atoms with Gasteiger partial charge in [-0.2, -0.15) is 9.97 Å². The number of nitrogens with one attached hydrogen (secondary N) is 1. The van der Waals surface area contributed by atoms with Crippen molar-refractivity contribution in [1.82, 2.24) is 20.2 Å². The van der Waals surface area contributed by atoms with Gasteiger partial charge in [-0.15, -0.1) is 0 Å². The highest BCUT2D eigenvalue weighted by Crippen LogP contribution is 2.30. The highest BCUT2D eigenvalue weighted by molar-refractivity contribution is 5.51. The zero-order chi connectivity index (χ0) is 18.6. The summed E-state index contributed by atoms with van der Waals surface area (Å²) in [7, 11) is 3.97. The molecule has 1 aromatic rings. The monoisotopic (exact) mass is 375 g/mol. The zero-order valence-electron chi connectivity index (χ0n) is 16.7. The van der Waals surface area contributed by atoms with Gasteiger partial charge in [0.25, 0.3) is 0 Å². The van der Waals surface area contributed by atoms with Gasteiger partial charge in [0.05, 0.1) is 12.3 Å². The Balaban J connectivity index is 1.53. The molecule has 3 aliphatic rings. The number of likely N-dealkylation sites (tertiary alicyclic amines) is 1. The van der Waals surface area contributed by atoms with Gasteiger partial charge in [0, 0.05) is 38.3 Å². The number of methoxy groups -OCH3 is 1. The van der Waals surface area contributed by atoms with Gasteiger partial charge in [-0.3, -0.25) is 0 Å². The molecule has 0 aromatic carbocycles. The summed E-state index contributed by atoms with van der Waals surface area (Å²) in [6.07, 6.45) is 5.85. The lowest BCUT2D eigenvalue weighted by molar-refractivity contribution is 0.143. The molecule has 0 spiro atoms. The fraction of sp³-hybridized carbons (Fsp3) is 0.800. The Morgan fingerprint density at radius 1 is 1.15 bits per heavy atom. The summed E-state index contributed by atoms with van der Waals surface area (Å²) in [5.41, 5.74) is 2.41. The van der Waals surface area contributed by atoms with Crippen LogP contribution in [-0.2, 0) is 17.7 Å². The molecule has 7 heteroatoms. The molecule has 1 aromatic heterocycles. The number of anilines is 1. The predicted octanol–water partition coefficient (Wildman–Crippen LogP) is 1.46. The highest BCUT2D eigenvalue weighted by Gasteiger charge is 2.27. The molecule has 3 aliphatic heterocycles. The van der Waals surface area contributed by atoms with Crippen LogP contribution < -0.4 is 15.0 Å². The number of aromatic nitrogens is 2. The SMILES string of the molecule is COCC1CCCN(c2nc(OC[C@@H]3CCCN3C)nc3c2CCNC3)C1. The summed E-state index contributed by atoms with van der Waals surface area (Å²) in [6.45, 7) is 6.52. The first-order valence-electron chi connectivity index (χ1n) is 10.4. The lowest BCUT2D eigenvalue weighted by Gasteiger charge is -2.35. The van der Waals surface area contributed by atoms with Crippen LogP contribution in [0.25, 0.3) is 0 Å². The van der Waals surface area contributed by atoms with Gasteiger partial charge in [0.15, 0.2) is 0 Å². The largest absolute Gasteiger partial charge is 0.462 e. The number of likely N-dealkylation sites (N-methyl/N-ethyl adjacent to an activating group) is 1. The topological polar surface area (TPSA) is 62.8 Å². The van der Waals surface area contributed by atoms with E-state index < -0.39 is 0 Å². The van der Waals surface area contributed by atoms with Crippen molar-refractivity contribution in [2.45, 2.75) is 44.7 Å². The number of piperidine rings is 1. The second kappa shape index (κ2) is 8.71. The maximum Gasteiger partial charge on any atom is 0.318 e. The van der Waals surface area contributed by atoms with Gasteiger partial charge >= 0.3 is 6.01 Å². The van der Waals surface area contributed by atoms with Crippen LogP contribution >= 0.6 is 0 Å². The van der Waals surface area contributed by atoms with Crippen LogP contribution in [0.1, 0.15) is 36.9 Å². The number of ether oxygens (including phenoxy) is 2. The minimum atomic E-state index is 0.479. The third-order valence-electron chi connectivity index (χ3n) is 6.19. The second-order valence-corrected chi connectivity index (χ2v) is 8.18. The van der Waals surface area contributed by atoms with E-state index in [-0.39, 0.29) is 0 Å². The molecule has 2 fully saturated rings. The highest BCUT2D eigenvalue weighted by atomic mass is 16.5. The third kappa shape index (κ3) is 4.36. The Kier molecular flexibility index (Phi) is 6.10. The van der Waals surface area contributed by atoms with Gasteiger partial charge in [0.1, 0.15) is 12.4 Å². The number of rotatable bonds is 6. The average Bonchev–Trinajstić information content (AvgIpc) is 3.11. The van der Waals surface area contributed by atoms with Crippen LogP contribution in [0, 0.1) is 5.92 Å². The normalized spacial score (nSPS) is 26.2. The van der Waals surface area contributed by atoms with Crippen LogP contribution in [0.3, 0.4) is 0 Å². The summed E-state index contributed by atoms with van der Waals surface area (Å²) in [5, 5.41) is 3.44. The molecule has 0 aliphatic carbocycles. The van der Waals surface area contributed by atoms with Crippen molar-refractivity contribution < 1.29 is 9.47 Å². The molecule has 1 unspecified atom stereocenters. The van der Waals surface area contributed by atoms with Gasteiger partial charge in [-0.25, -0.2) is 0 Å². The Morgan fingerprint density at radius 3 is 2.85 bits per heavy atom. The zero-order valence-corrected chi connectivity index (χ0v) is 16.7. The Bertz CT molecular complexity index is 639. The summed E-state index contributed by atoms with van der Waals surface area (Å²) in [4.78, 5) is 14.5. The fourth-order valence-electron chi connectivity index (χ4n) is 4.63. The quantitative estimate of drug-likeness (QED) is 0.808. The van der Waals surface area contributed by atoms with Crippen LogP contribution in [0.5, 0.6) is 6.01 Å².